The first-order valence-corrected chi connectivity index (χ1v) is 17.1. The van der Waals surface area contributed by atoms with Crippen LogP contribution in [-0.2, 0) is 20.4 Å². The summed E-state index contributed by atoms with van der Waals surface area (Å²) in [6.45, 7) is 12.1. The Bertz CT molecular complexity index is 732. The van der Waals surface area contributed by atoms with Gasteiger partial charge in [0.2, 0.25) is 0 Å². The smallest absolute Gasteiger partial charge is 1.00 e. The predicted molar refractivity (Wildman–Crippen MR) is 95.9 cm³/mol. The van der Waals surface area contributed by atoms with Gasteiger partial charge in [0.15, 0.2) is 0 Å². The van der Waals surface area contributed by atoms with Crippen LogP contribution >= 0.6 is 0 Å². The molecule has 24 heavy (non-hydrogen) atoms. The molecular formula is C20H26Cl2SiZr. The van der Waals surface area contributed by atoms with Crippen molar-refractivity contribution in [2.24, 2.45) is 5.41 Å². The molecule has 2 aliphatic rings. The van der Waals surface area contributed by atoms with Gasteiger partial charge in [-0.15, -0.1) is 0 Å². The zero-order valence-electron chi connectivity index (χ0n) is 15.2. The Hall–Kier alpha value is 0.120. The molecule has 0 bridgehead atoms. The molecule has 0 nitrogen and oxygen atoms in total. The Morgan fingerprint density at radius 1 is 1.08 bits per heavy atom. The number of hydrogen-bond donors (Lipinski definition) is 0. The number of halogens is 2. The van der Waals surface area contributed by atoms with Gasteiger partial charge in [-0.3, -0.25) is 0 Å². The third-order valence-electron chi connectivity index (χ3n) is 4.73. The van der Waals surface area contributed by atoms with Crippen LogP contribution in [0.2, 0.25) is 13.1 Å². The van der Waals surface area contributed by atoms with Crippen molar-refractivity contribution in [1.82, 2.24) is 0 Å². The number of benzene rings is 1. The molecule has 128 valence electrons. The van der Waals surface area contributed by atoms with E-state index in [0.29, 0.717) is 5.41 Å². The first-order chi connectivity index (χ1) is 10.4. The van der Waals surface area contributed by atoms with Crippen molar-refractivity contribution in [3.63, 3.8) is 0 Å². The SMILES string of the molecule is C[Si](C)=[Zr+2]([C]1=CC(C(C)(C)C)=CC1)[CH]1C=Cc2ccccc21.[Cl-].[Cl-]. The molecule has 1 aromatic rings. The van der Waals surface area contributed by atoms with Crippen molar-refractivity contribution in [1.29, 1.82) is 0 Å². The summed E-state index contributed by atoms with van der Waals surface area (Å²) in [5.41, 5.74) is 4.75. The van der Waals surface area contributed by atoms with E-state index in [9.17, 15) is 0 Å². The van der Waals surface area contributed by atoms with Crippen molar-refractivity contribution in [2.75, 3.05) is 0 Å². The first-order valence-electron chi connectivity index (χ1n) is 8.24. The van der Waals surface area contributed by atoms with Gasteiger partial charge < -0.3 is 24.8 Å². The second-order valence-electron chi connectivity index (χ2n) is 7.66. The Morgan fingerprint density at radius 3 is 2.33 bits per heavy atom. The molecule has 0 saturated carbocycles. The summed E-state index contributed by atoms with van der Waals surface area (Å²) in [5.74, 6) is 0. The van der Waals surface area contributed by atoms with Gasteiger partial charge in [0.1, 0.15) is 0 Å². The minimum atomic E-state index is -1.62. The second kappa shape index (κ2) is 8.67. The summed E-state index contributed by atoms with van der Waals surface area (Å²) >= 11 is -1.62. The number of rotatable bonds is 2. The maximum atomic E-state index is 2.60. The van der Waals surface area contributed by atoms with E-state index in [2.05, 4.69) is 82.4 Å². The molecule has 0 aliphatic heterocycles. The zero-order valence-corrected chi connectivity index (χ0v) is 20.1. The number of allylic oxidation sites excluding steroid dienone is 5. The fourth-order valence-electron chi connectivity index (χ4n) is 3.57. The van der Waals surface area contributed by atoms with Crippen LogP contribution in [0, 0.1) is 5.41 Å². The standard InChI is InChI=1S/C9H7.C9H13.C2H6Si.2ClH.Zr/c1-2-5-9-7-3-6-8(9)4-1;1-9(2,3)8-6-4-5-7-8;1-3-2;;;/h1-7H;6-7H,4H2,1-3H3;1-2H3;2*1H;/q;;;;;+2/p-2. The summed E-state index contributed by atoms with van der Waals surface area (Å²) in [6.07, 6.45) is 11.3. The number of fused-ring (bicyclic) bond motifs is 1. The van der Waals surface area contributed by atoms with E-state index in [1.807, 2.05) is 3.28 Å². The van der Waals surface area contributed by atoms with Gasteiger partial charge in [0.05, 0.1) is 0 Å². The molecule has 0 spiro atoms. The maximum Gasteiger partial charge on any atom is -1.00 e. The summed E-state index contributed by atoms with van der Waals surface area (Å²) < 4.78 is 2.64. The summed E-state index contributed by atoms with van der Waals surface area (Å²) in [5, 5.41) is 0. The van der Waals surface area contributed by atoms with Crippen LogP contribution in [0.1, 0.15) is 41.9 Å². The van der Waals surface area contributed by atoms with E-state index in [1.165, 1.54) is 12.0 Å². The molecule has 1 aromatic carbocycles. The van der Waals surface area contributed by atoms with E-state index in [-0.39, 0.29) is 30.2 Å². The largest absolute Gasteiger partial charge is 1.00 e. The average Bonchev–Trinajstić information content (AvgIpc) is 3.06. The van der Waals surface area contributed by atoms with Gasteiger partial charge in [0, 0.05) is 0 Å². The van der Waals surface area contributed by atoms with E-state index >= 15 is 0 Å². The normalized spacial score (nSPS) is 17.8. The summed E-state index contributed by atoms with van der Waals surface area (Å²) in [6, 6.07) is 9.05. The predicted octanol–water partition coefficient (Wildman–Crippen LogP) is -0.108. The fourth-order valence-corrected chi connectivity index (χ4v) is 21.3. The van der Waals surface area contributed by atoms with Gasteiger partial charge in [-0.2, -0.15) is 0 Å². The summed E-state index contributed by atoms with van der Waals surface area (Å²) in [4.78, 5) is 0. The quantitative estimate of drug-likeness (QED) is 0.545. The van der Waals surface area contributed by atoms with Crippen LogP contribution in [0.4, 0.5) is 0 Å². The van der Waals surface area contributed by atoms with Crippen molar-refractivity contribution in [2.45, 2.75) is 43.9 Å². The van der Waals surface area contributed by atoms with E-state index in [1.54, 1.807) is 11.1 Å². The van der Waals surface area contributed by atoms with Crippen LogP contribution in [0.5, 0.6) is 0 Å². The second-order valence-corrected chi connectivity index (χ2v) is 25.4. The molecule has 0 fully saturated rings. The van der Waals surface area contributed by atoms with Crippen molar-refractivity contribution < 1.29 is 45.2 Å². The van der Waals surface area contributed by atoms with Gasteiger partial charge in [-0.1, -0.05) is 0 Å². The average molecular weight is 457 g/mol. The van der Waals surface area contributed by atoms with Crippen molar-refractivity contribution in [3.8, 4) is 0 Å². The Labute approximate surface area is 167 Å². The molecule has 4 heteroatoms. The third kappa shape index (κ3) is 4.44. The molecule has 1 unspecified atom stereocenters. The zero-order chi connectivity index (χ0) is 15.9. The Kier molecular flexibility index (Phi) is 8.01. The van der Waals surface area contributed by atoms with Gasteiger partial charge in [0.25, 0.3) is 0 Å². The van der Waals surface area contributed by atoms with E-state index in [4.69, 9.17) is 0 Å². The minimum absolute atomic E-state index is 0. The summed E-state index contributed by atoms with van der Waals surface area (Å²) in [7, 11) is 0. The third-order valence-corrected chi connectivity index (χ3v) is 22.8. The van der Waals surface area contributed by atoms with Crippen molar-refractivity contribution >= 4 is 11.5 Å². The van der Waals surface area contributed by atoms with Crippen LogP contribution in [0.15, 0.2) is 51.3 Å². The van der Waals surface area contributed by atoms with E-state index in [0.717, 1.165) is 3.63 Å². The molecule has 0 saturated heterocycles. The van der Waals surface area contributed by atoms with Crippen LogP contribution in [0.3, 0.4) is 0 Å². The molecular weight excluding hydrogens is 430 g/mol. The monoisotopic (exact) mass is 454 g/mol. The van der Waals surface area contributed by atoms with Crippen LogP contribution in [-0.4, -0.2) is 5.43 Å². The molecule has 0 radical (unpaired) electrons. The molecule has 0 amide bonds. The van der Waals surface area contributed by atoms with Crippen molar-refractivity contribution in [3.05, 3.63) is 62.5 Å². The van der Waals surface area contributed by atoms with Gasteiger partial charge >= 0.3 is 144 Å². The Balaban J connectivity index is 0.00000144. The molecule has 0 aromatic heterocycles. The molecule has 0 heterocycles. The Morgan fingerprint density at radius 2 is 1.75 bits per heavy atom. The molecule has 0 N–H and O–H groups in total. The topological polar surface area (TPSA) is 0 Å². The maximum absolute atomic E-state index is 2.60. The number of hydrogen-bond acceptors (Lipinski definition) is 0. The van der Waals surface area contributed by atoms with Crippen LogP contribution in [0.25, 0.3) is 6.08 Å². The van der Waals surface area contributed by atoms with Gasteiger partial charge in [-0.25, -0.2) is 0 Å². The fraction of sp³-hybridized carbons (Fsp3) is 0.400. The molecule has 1 atom stereocenters. The van der Waals surface area contributed by atoms with Crippen LogP contribution < -0.4 is 24.8 Å². The first kappa shape index (κ1) is 22.2. The minimum Gasteiger partial charge on any atom is -1.00 e. The van der Waals surface area contributed by atoms with E-state index < -0.39 is 20.4 Å². The van der Waals surface area contributed by atoms with Gasteiger partial charge in [-0.05, 0) is 0 Å². The molecule has 2 aliphatic carbocycles. The molecule has 3 rings (SSSR count).